The minimum atomic E-state index is 0.132. The fourth-order valence-electron chi connectivity index (χ4n) is 2.38. The maximum atomic E-state index is 12.4. The highest BCUT2D eigenvalue weighted by Crippen LogP contribution is 2.26. The second kappa shape index (κ2) is 3.91. The maximum absolute atomic E-state index is 12.4. The predicted octanol–water partition coefficient (Wildman–Crippen LogP) is 2.79. The molecule has 3 rings (SSSR count). The number of aromatic nitrogens is 1. The van der Waals surface area contributed by atoms with E-state index in [0.29, 0.717) is 6.04 Å². The molecule has 1 aliphatic carbocycles. The minimum absolute atomic E-state index is 0.132. The Kier molecular flexibility index (Phi) is 2.39. The standard InChI is InChI=1S/C14H16N2O/c1-16(10-5-4-6-10)14(17)12-9-15-13-8-3-2-7-11(12)13/h2-3,7-10,15H,4-6H2,1H3. The number of nitrogens with one attached hydrogen (secondary N) is 1. The van der Waals surface area contributed by atoms with Crippen molar-refractivity contribution in [2.45, 2.75) is 25.3 Å². The quantitative estimate of drug-likeness (QED) is 0.843. The number of hydrogen-bond acceptors (Lipinski definition) is 1. The summed E-state index contributed by atoms with van der Waals surface area (Å²) in [7, 11) is 1.91. The number of benzene rings is 1. The van der Waals surface area contributed by atoms with Gasteiger partial charge in [0.1, 0.15) is 0 Å². The van der Waals surface area contributed by atoms with Crippen LogP contribution in [0, 0.1) is 0 Å². The molecular formula is C14H16N2O. The molecule has 0 bridgehead atoms. The van der Waals surface area contributed by atoms with Crippen molar-refractivity contribution in [1.82, 2.24) is 9.88 Å². The van der Waals surface area contributed by atoms with Gasteiger partial charge < -0.3 is 9.88 Å². The van der Waals surface area contributed by atoms with Crippen LogP contribution in [0.2, 0.25) is 0 Å². The van der Waals surface area contributed by atoms with Gasteiger partial charge in [-0.1, -0.05) is 18.2 Å². The second-order valence-electron chi connectivity index (χ2n) is 4.75. The summed E-state index contributed by atoms with van der Waals surface area (Å²) in [5.41, 5.74) is 1.81. The molecule has 1 heterocycles. The number of para-hydroxylation sites is 1. The first-order chi connectivity index (χ1) is 8.27. The van der Waals surface area contributed by atoms with Gasteiger partial charge >= 0.3 is 0 Å². The van der Waals surface area contributed by atoms with E-state index in [9.17, 15) is 4.79 Å². The molecule has 0 unspecified atom stereocenters. The molecule has 0 saturated heterocycles. The molecule has 1 amide bonds. The molecule has 0 radical (unpaired) electrons. The molecule has 0 atom stereocenters. The van der Waals surface area contributed by atoms with Gasteiger partial charge in [0.2, 0.25) is 0 Å². The van der Waals surface area contributed by atoms with E-state index >= 15 is 0 Å². The van der Waals surface area contributed by atoms with Gasteiger partial charge in [0, 0.05) is 30.2 Å². The summed E-state index contributed by atoms with van der Waals surface area (Å²) >= 11 is 0. The fourth-order valence-corrected chi connectivity index (χ4v) is 2.38. The zero-order valence-corrected chi connectivity index (χ0v) is 9.94. The molecule has 17 heavy (non-hydrogen) atoms. The molecule has 1 aromatic heterocycles. The topological polar surface area (TPSA) is 36.1 Å². The molecule has 1 aliphatic rings. The normalized spacial score (nSPS) is 15.8. The number of carbonyl (C=O) groups is 1. The average Bonchev–Trinajstić information content (AvgIpc) is 2.69. The van der Waals surface area contributed by atoms with E-state index in [1.165, 1.54) is 6.42 Å². The lowest BCUT2D eigenvalue weighted by atomic mass is 9.91. The third-order valence-electron chi connectivity index (χ3n) is 3.76. The summed E-state index contributed by atoms with van der Waals surface area (Å²) in [5, 5.41) is 1.02. The summed E-state index contributed by atoms with van der Waals surface area (Å²) in [5.74, 6) is 0.132. The number of H-pyrrole nitrogens is 1. The molecule has 3 heteroatoms. The van der Waals surface area contributed by atoms with Crippen LogP contribution in [0.15, 0.2) is 30.5 Å². The largest absolute Gasteiger partial charge is 0.360 e. The monoisotopic (exact) mass is 228 g/mol. The van der Waals surface area contributed by atoms with Crippen LogP contribution in [0.4, 0.5) is 0 Å². The zero-order chi connectivity index (χ0) is 11.8. The lowest BCUT2D eigenvalue weighted by Gasteiger charge is -2.34. The zero-order valence-electron chi connectivity index (χ0n) is 9.94. The van der Waals surface area contributed by atoms with Gasteiger partial charge in [0.15, 0.2) is 0 Å². The number of fused-ring (bicyclic) bond motifs is 1. The van der Waals surface area contributed by atoms with Crippen LogP contribution in [0.25, 0.3) is 10.9 Å². The molecule has 1 saturated carbocycles. The van der Waals surface area contributed by atoms with E-state index in [1.807, 2.05) is 42.4 Å². The number of amides is 1. The molecule has 3 nitrogen and oxygen atoms in total. The van der Waals surface area contributed by atoms with E-state index in [4.69, 9.17) is 0 Å². The predicted molar refractivity (Wildman–Crippen MR) is 68.0 cm³/mol. The molecule has 0 aliphatic heterocycles. The van der Waals surface area contributed by atoms with Crippen LogP contribution in [-0.4, -0.2) is 28.9 Å². The first kappa shape index (κ1) is 10.4. The first-order valence-electron chi connectivity index (χ1n) is 6.10. The van der Waals surface area contributed by atoms with E-state index in [2.05, 4.69) is 4.98 Å². The van der Waals surface area contributed by atoms with Crippen LogP contribution in [0.1, 0.15) is 29.6 Å². The lowest BCUT2D eigenvalue weighted by molar-refractivity contribution is 0.0654. The van der Waals surface area contributed by atoms with Crippen LogP contribution in [0.5, 0.6) is 0 Å². The maximum Gasteiger partial charge on any atom is 0.256 e. The van der Waals surface area contributed by atoms with Crippen LogP contribution in [-0.2, 0) is 0 Å². The number of hydrogen-bond donors (Lipinski definition) is 1. The van der Waals surface area contributed by atoms with Crippen molar-refractivity contribution in [3.8, 4) is 0 Å². The lowest BCUT2D eigenvalue weighted by Crippen LogP contribution is -2.41. The van der Waals surface area contributed by atoms with Gasteiger partial charge in [0.05, 0.1) is 5.56 Å². The van der Waals surface area contributed by atoms with Gasteiger partial charge in [-0.2, -0.15) is 0 Å². The van der Waals surface area contributed by atoms with Crippen molar-refractivity contribution in [3.05, 3.63) is 36.0 Å². The Balaban J connectivity index is 1.95. The summed E-state index contributed by atoms with van der Waals surface area (Å²) in [6.45, 7) is 0. The molecule has 1 fully saturated rings. The molecule has 1 aromatic carbocycles. The van der Waals surface area contributed by atoms with Gasteiger partial charge in [-0.15, -0.1) is 0 Å². The molecule has 0 spiro atoms. The molecule has 2 aromatic rings. The van der Waals surface area contributed by atoms with E-state index in [-0.39, 0.29) is 5.91 Å². The molecular weight excluding hydrogens is 212 g/mol. The number of carbonyl (C=O) groups excluding carboxylic acids is 1. The Morgan fingerprint density at radius 3 is 2.82 bits per heavy atom. The minimum Gasteiger partial charge on any atom is -0.360 e. The third-order valence-corrected chi connectivity index (χ3v) is 3.76. The van der Waals surface area contributed by atoms with E-state index in [1.54, 1.807) is 0 Å². The Bertz CT molecular complexity index is 554. The SMILES string of the molecule is CN(C(=O)c1c[nH]c2ccccc12)C1CCC1. The second-order valence-corrected chi connectivity index (χ2v) is 4.75. The average molecular weight is 228 g/mol. The number of aromatic amines is 1. The van der Waals surface area contributed by atoms with Gasteiger partial charge in [-0.05, 0) is 25.3 Å². The summed E-state index contributed by atoms with van der Waals surface area (Å²) in [6, 6.07) is 8.37. The number of nitrogens with zero attached hydrogens (tertiary/aromatic N) is 1. The van der Waals surface area contributed by atoms with Crippen molar-refractivity contribution < 1.29 is 4.79 Å². The van der Waals surface area contributed by atoms with Crippen molar-refractivity contribution in [3.63, 3.8) is 0 Å². The Morgan fingerprint density at radius 2 is 2.12 bits per heavy atom. The molecule has 1 N–H and O–H groups in total. The van der Waals surface area contributed by atoms with E-state index in [0.717, 1.165) is 29.3 Å². The van der Waals surface area contributed by atoms with Crippen molar-refractivity contribution in [1.29, 1.82) is 0 Å². The highest BCUT2D eigenvalue weighted by atomic mass is 16.2. The van der Waals surface area contributed by atoms with Crippen LogP contribution < -0.4 is 0 Å². The summed E-state index contributed by atoms with van der Waals surface area (Å²) in [4.78, 5) is 17.4. The van der Waals surface area contributed by atoms with Crippen LogP contribution in [0.3, 0.4) is 0 Å². The third kappa shape index (κ3) is 1.62. The van der Waals surface area contributed by atoms with Gasteiger partial charge in [-0.25, -0.2) is 0 Å². The highest BCUT2D eigenvalue weighted by molar-refractivity contribution is 6.06. The summed E-state index contributed by atoms with van der Waals surface area (Å²) < 4.78 is 0. The molecule has 88 valence electrons. The van der Waals surface area contributed by atoms with Crippen molar-refractivity contribution in [2.24, 2.45) is 0 Å². The van der Waals surface area contributed by atoms with Gasteiger partial charge in [-0.3, -0.25) is 4.79 Å². The van der Waals surface area contributed by atoms with Gasteiger partial charge in [0.25, 0.3) is 5.91 Å². The summed E-state index contributed by atoms with van der Waals surface area (Å²) in [6.07, 6.45) is 5.35. The van der Waals surface area contributed by atoms with E-state index < -0.39 is 0 Å². The Labute approximate surface area is 100 Å². The first-order valence-corrected chi connectivity index (χ1v) is 6.10. The number of rotatable bonds is 2. The van der Waals surface area contributed by atoms with Crippen molar-refractivity contribution in [2.75, 3.05) is 7.05 Å². The Hall–Kier alpha value is -1.77. The highest BCUT2D eigenvalue weighted by Gasteiger charge is 2.27. The van der Waals surface area contributed by atoms with Crippen LogP contribution >= 0.6 is 0 Å². The smallest absolute Gasteiger partial charge is 0.256 e. The Morgan fingerprint density at radius 1 is 1.35 bits per heavy atom. The fraction of sp³-hybridized carbons (Fsp3) is 0.357. The van der Waals surface area contributed by atoms with Crippen molar-refractivity contribution >= 4 is 16.8 Å².